The monoisotopic (exact) mass is 309 g/mol. The lowest BCUT2D eigenvalue weighted by molar-refractivity contribution is -0.338. The molecule has 1 unspecified atom stereocenters. The van der Waals surface area contributed by atoms with E-state index in [-0.39, 0.29) is 6.61 Å². The van der Waals surface area contributed by atoms with Crippen molar-refractivity contribution < 1.29 is 40.2 Å². The molecule has 1 aliphatic rings. The van der Waals surface area contributed by atoms with Crippen LogP contribution < -0.4 is 5.48 Å². The maximum Gasteiger partial charge on any atom is 0.189 e. The van der Waals surface area contributed by atoms with E-state index in [1.165, 1.54) is 6.08 Å². The van der Waals surface area contributed by atoms with Gasteiger partial charge in [-0.05, 0) is 0 Å². The molecule has 21 heavy (non-hydrogen) atoms. The van der Waals surface area contributed by atoms with Crippen LogP contribution in [-0.2, 0) is 9.57 Å². The number of aliphatic hydroxyl groups is 6. The summed E-state index contributed by atoms with van der Waals surface area (Å²) in [4.78, 5) is 4.93. The van der Waals surface area contributed by atoms with Gasteiger partial charge in [-0.1, -0.05) is 6.08 Å². The lowest BCUT2D eigenvalue weighted by Crippen LogP contribution is -2.70. The van der Waals surface area contributed by atoms with Crippen molar-refractivity contribution >= 4 is 0 Å². The molecule has 0 bridgehead atoms. The molecule has 0 saturated carbocycles. The van der Waals surface area contributed by atoms with Crippen LogP contribution in [0.5, 0.6) is 0 Å². The first kappa shape index (κ1) is 18.4. The van der Waals surface area contributed by atoms with Crippen LogP contribution in [0.15, 0.2) is 12.7 Å². The van der Waals surface area contributed by atoms with Crippen LogP contribution in [0, 0.1) is 0 Å². The molecule has 1 fully saturated rings. The summed E-state index contributed by atoms with van der Waals surface area (Å²) in [7, 11) is 0. The Hall–Kier alpha value is -0.620. The highest BCUT2D eigenvalue weighted by molar-refractivity contribution is 5.00. The Kier molecular flexibility index (Phi) is 7.13. The maximum absolute atomic E-state index is 10.5. The quantitative estimate of drug-likeness (QED) is 0.138. The van der Waals surface area contributed by atoms with Crippen LogP contribution in [-0.4, -0.2) is 86.7 Å². The Labute approximate surface area is 122 Å². The third kappa shape index (κ3) is 4.42. The zero-order valence-corrected chi connectivity index (χ0v) is 11.5. The first-order chi connectivity index (χ1) is 9.89. The minimum atomic E-state index is -2.16. The van der Waals surface area contributed by atoms with Gasteiger partial charge in [0.05, 0.1) is 25.9 Å². The van der Waals surface area contributed by atoms with Crippen LogP contribution in [0.4, 0.5) is 0 Å². The second-order valence-corrected chi connectivity index (χ2v) is 4.90. The zero-order chi connectivity index (χ0) is 16.0. The number of hydrogen-bond acceptors (Lipinski definition) is 9. The smallest absolute Gasteiger partial charge is 0.189 e. The maximum atomic E-state index is 10.5. The van der Waals surface area contributed by atoms with Crippen LogP contribution in [0.25, 0.3) is 0 Å². The SMILES string of the molecule is C=CCON[C@H]1[C@@H](O)[C@H](O)[C@@H](CO)O[C@@]1(O)CC(O)CO. The summed E-state index contributed by atoms with van der Waals surface area (Å²) in [6, 6.07) is -1.31. The summed E-state index contributed by atoms with van der Waals surface area (Å²) in [5, 5.41) is 57.8. The van der Waals surface area contributed by atoms with E-state index in [1.54, 1.807) is 0 Å². The fourth-order valence-electron chi connectivity index (χ4n) is 2.17. The first-order valence-electron chi connectivity index (χ1n) is 6.54. The predicted molar refractivity (Wildman–Crippen MR) is 69.7 cm³/mol. The molecule has 0 aromatic rings. The van der Waals surface area contributed by atoms with Crippen molar-refractivity contribution in [1.29, 1.82) is 0 Å². The van der Waals surface area contributed by atoms with E-state index in [0.29, 0.717) is 0 Å². The normalized spacial score (nSPS) is 38.2. The van der Waals surface area contributed by atoms with Crippen LogP contribution in [0.3, 0.4) is 0 Å². The molecule has 124 valence electrons. The van der Waals surface area contributed by atoms with Crippen molar-refractivity contribution in [2.45, 2.75) is 42.7 Å². The molecule has 1 saturated heterocycles. The van der Waals surface area contributed by atoms with E-state index in [4.69, 9.17) is 19.8 Å². The third-order valence-electron chi connectivity index (χ3n) is 3.24. The van der Waals surface area contributed by atoms with Gasteiger partial charge in [-0.25, -0.2) is 0 Å². The summed E-state index contributed by atoms with van der Waals surface area (Å²) < 4.78 is 5.18. The number of ether oxygens (including phenoxy) is 1. The molecular weight excluding hydrogens is 286 g/mol. The fraction of sp³-hybridized carbons (Fsp3) is 0.833. The molecule has 0 spiro atoms. The highest BCUT2D eigenvalue weighted by Gasteiger charge is 2.54. The molecule has 0 aliphatic carbocycles. The average molecular weight is 309 g/mol. The number of hydrogen-bond donors (Lipinski definition) is 7. The molecule has 0 radical (unpaired) electrons. The van der Waals surface area contributed by atoms with Crippen molar-refractivity contribution in [2.24, 2.45) is 0 Å². The van der Waals surface area contributed by atoms with Crippen molar-refractivity contribution in [3.8, 4) is 0 Å². The summed E-state index contributed by atoms with van der Waals surface area (Å²) >= 11 is 0. The molecule has 1 rings (SSSR count). The predicted octanol–water partition coefficient (Wildman–Crippen LogP) is -3.39. The minimum absolute atomic E-state index is 0.0569. The van der Waals surface area contributed by atoms with Gasteiger partial charge in [-0.15, -0.1) is 6.58 Å². The van der Waals surface area contributed by atoms with Gasteiger partial charge < -0.3 is 35.4 Å². The average Bonchev–Trinajstić information content (AvgIpc) is 2.46. The Balaban J connectivity index is 2.91. The number of rotatable bonds is 8. The Morgan fingerprint density at radius 1 is 1.33 bits per heavy atom. The largest absolute Gasteiger partial charge is 0.394 e. The molecule has 1 heterocycles. The molecule has 0 amide bonds. The molecular formula is C12H23NO8. The number of aliphatic hydroxyl groups excluding tert-OH is 5. The van der Waals surface area contributed by atoms with E-state index in [0.717, 1.165) is 0 Å². The van der Waals surface area contributed by atoms with Crippen LogP contribution in [0.2, 0.25) is 0 Å². The van der Waals surface area contributed by atoms with E-state index >= 15 is 0 Å². The summed E-state index contributed by atoms with van der Waals surface area (Å²) in [6.07, 6.45) is -4.60. The van der Waals surface area contributed by atoms with E-state index in [2.05, 4.69) is 12.1 Å². The Bertz CT molecular complexity index is 330. The second-order valence-electron chi connectivity index (χ2n) is 4.90. The molecule has 7 N–H and O–H groups in total. The van der Waals surface area contributed by atoms with Crippen molar-refractivity contribution in [1.82, 2.24) is 5.48 Å². The topological polar surface area (TPSA) is 152 Å². The summed E-state index contributed by atoms with van der Waals surface area (Å²) in [5.74, 6) is -2.16. The summed E-state index contributed by atoms with van der Waals surface area (Å²) in [6.45, 7) is 2.21. The van der Waals surface area contributed by atoms with Crippen LogP contribution in [0.1, 0.15) is 6.42 Å². The third-order valence-corrected chi connectivity index (χ3v) is 3.24. The zero-order valence-electron chi connectivity index (χ0n) is 11.5. The lowest BCUT2D eigenvalue weighted by Gasteiger charge is -2.48. The molecule has 9 heteroatoms. The first-order valence-corrected chi connectivity index (χ1v) is 6.54. The second kappa shape index (κ2) is 8.13. The van der Waals surface area contributed by atoms with Crippen molar-refractivity contribution in [3.63, 3.8) is 0 Å². The standard InChI is InChI=1S/C12H23NO8/c1-2-3-20-13-11-10(18)9(17)8(6-15)21-12(11,19)4-7(16)5-14/h2,7-11,13-19H,1,3-6H2/t7?,8-,9-,10+,11+,12+/m1/s1. The van der Waals surface area contributed by atoms with Gasteiger partial charge in [0.2, 0.25) is 0 Å². The number of nitrogens with one attached hydrogen (secondary N) is 1. The fourth-order valence-corrected chi connectivity index (χ4v) is 2.17. The lowest BCUT2D eigenvalue weighted by atomic mass is 9.87. The van der Waals surface area contributed by atoms with E-state index in [1.807, 2.05) is 0 Å². The molecule has 0 aromatic heterocycles. The highest BCUT2D eigenvalue weighted by Crippen LogP contribution is 2.31. The minimum Gasteiger partial charge on any atom is -0.394 e. The highest BCUT2D eigenvalue weighted by atomic mass is 16.7. The molecule has 1 aliphatic heterocycles. The van der Waals surface area contributed by atoms with Gasteiger partial charge in [0.1, 0.15) is 24.4 Å². The molecule has 6 atom stereocenters. The Morgan fingerprint density at radius 3 is 2.52 bits per heavy atom. The van der Waals surface area contributed by atoms with Crippen molar-refractivity contribution in [3.05, 3.63) is 12.7 Å². The van der Waals surface area contributed by atoms with Gasteiger partial charge >= 0.3 is 0 Å². The van der Waals surface area contributed by atoms with E-state index in [9.17, 15) is 20.4 Å². The van der Waals surface area contributed by atoms with Gasteiger partial charge in [0, 0.05) is 6.42 Å². The molecule has 9 nitrogen and oxygen atoms in total. The van der Waals surface area contributed by atoms with Crippen LogP contribution >= 0.6 is 0 Å². The van der Waals surface area contributed by atoms with Gasteiger partial charge in [-0.3, -0.25) is 4.84 Å². The number of hydroxylamine groups is 1. The molecule has 0 aromatic carbocycles. The summed E-state index contributed by atoms with van der Waals surface area (Å²) in [5.41, 5.74) is 2.34. The van der Waals surface area contributed by atoms with Crippen molar-refractivity contribution in [2.75, 3.05) is 19.8 Å². The van der Waals surface area contributed by atoms with E-state index < -0.39 is 55.9 Å². The van der Waals surface area contributed by atoms with Gasteiger partial charge in [0.25, 0.3) is 0 Å². The van der Waals surface area contributed by atoms with Gasteiger partial charge in [0.15, 0.2) is 5.79 Å². The van der Waals surface area contributed by atoms with Gasteiger partial charge in [-0.2, -0.15) is 5.48 Å². The Morgan fingerprint density at radius 2 is 2.00 bits per heavy atom.